The molecule has 1 N–H and O–H groups in total. The Labute approximate surface area is 95.9 Å². The highest BCUT2D eigenvalue weighted by Gasteiger charge is 2.20. The van der Waals surface area contributed by atoms with E-state index in [1.54, 1.807) is 0 Å². The molecule has 0 aliphatic heterocycles. The number of H-pyrrole nitrogens is 1. The molecule has 1 aliphatic carbocycles. The highest BCUT2D eigenvalue weighted by Crippen LogP contribution is 2.29. The number of hydrogen-bond acceptors (Lipinski definition) is 2. The molecule has 0 radical (unpaired) electrons. The number of nitrogens with zero attached hydrogens (tertiary/aromatic N) is 2. The lowest BCUT2D eigenvalue weighted by molar-refractivity contribution is 0.303. The molecule has 84 valence electrons. The molecule has 0 aromatic carbocycles. The van der Waals surface area contributed by atoms with E-state index in [2.05, 4.69) is 28.6 Å². The number of aromatic nitrogens is 3. The lowest BCUT2D eigenvalue weighted by atomic mass is 9.83. The van der Waals surface area contributed by atoms with Gasteiger partial charge in [0.15, 0.2) is 4.77 Å². The van der Waals surface area contributed by atoms with Crippen molar-refractivity contribution in [3.05, 3.63) is 10.6 Å². The van der Waals surface area contributed by atoms with E-state index in [9.17, 15) is 0 Å². The van der Waals surface area contributed by atoms with Crippen LogP contribution in [0.3, 0.4) is 0 Å². The van der Waals surface area contributed by atoms with Crippen molar-refractivity contribution >= 4 is 12.2 Å². The molecule has 4 heteroatoms. The highest BCUT2D eigenvalue weighted by atomic mass is 32.1. The molecule has 0 saturated heterocycles. The maximum absolute atomic E-state index is 5.24. The average molecular weight is 225 g/mol. The predicted molar refractivity (Wildman–Crippen MR) is 63.3 cm³/mol. The molecular formula is C11H19N3S. The van der Waals surface area contributed by atoms with Crippen LogP contribution in [0.25, 0.3) is 0 Å². The van der Waals surface area contributed by atoms with Gasteiger partial charge in [-0.2, -0.15) is 5.10 Å². The van der Waals surface area contributed by atoms with E-state index in [-0.39, 0.29) is 0 Å². The van der Waals surface area contributed by atoms with Gasteiger partial charge in [0, 0.05) is 13.0 Å². The number of aromatic amines is 1. The van der Waals surface area contributed by atoms with Gasteiger partial charge in [0.25, 0.3) is 0 Å². The van der Waals surface area contributed by atoms with E-state index in [1.165, 1.54) is 19.3 Å². The summed E-state index contributed by atoms with van der Waals surface area (Å²) in [7, 11) is 0. The lowest BCUT2D eigenvalue weighted by Gasteiger charge is -2.24. The van der Waals surface area contributed by atoms with E-state index in [1.807, 2.05) is 0 Å². The zero-order valence-electron chi connectivity index (χ0n) is 9.49. The molecule has 1 saturated carbocycles. The molecule has 1 aromatic heterocycles. The molecule has 0 amide bonds. The lowest BCUT2D eigenvalue weighted by Crippen LogP contribution is -2.18. The molecule has 0 spiro atoms. The van der Waals surface area contributed by atoms with Gasteiger partial charge in [-0.3, -0.25) is 5.10 Å². The molecule has 0 atom stereocenters. The third-order valence-electron chi connectivity index (χ3n) is 3.08. The minimum absolute atomic E-state index is 0.620. The molecule has 1 aromatic rings. The Morgan fingerprint density at radius 2 is 2.27 bits per heavy atom. The molecule has 1 heterocycles. The van der Waals surface area contributed by atoms with Crippen molar-refractivity contribution in [1.82, 2.24) is 14.8 Å². The summed E-state index contributed by atoms with van der Waals surface area (Å²) in [6.07, 6.45) is 5.21. The van der Waals surface area contributed by atoms with E-state index in [0.717, 1.165) is 29.5 Å². The Hall–Kier alpha value is -0.640. The Kier molecular flexibility index (Phi) is 3.24. The van der Waals surface area contributed by atoms with Crippen LogP contribution in [0.2, 0.25) is 0 Å². The second kappa shape index (κ2) is 4.47. The first-order chi connectivity index (χ1) is 7.16. The van der Waals surface area contributed by atoms with Crippen LogP contribution in [-0.2, 0) is 13.0 Å². The van der Waals surface area contributed by atoms with Crippen molar-refractivity contribution in [2.75, 3.05) is 0 Å². The second-order valence-electron chi connectivity index (χ2n) is 4.95. The Morgan fingerprint density at radius 1 is 1.53 bits per heavy atom. The van der Waals surface area contributed by atoms with Gasteiger partial charge in [0.1, 0.15) is 5.82 Å². The van der Waals surface area contributed by atoms with Gasteiger partial charge in [-0.1, -0.05) is 33.1 Å². The van der Waals surface area contributed by atoms with Gasteiger partial charge in [0.05, 0.1) is 0 Å². The van der Waals surface area contributed by atoms with Gasteiger partial charge >= 0.3 is 0 Å². The minimum atomic E-state index is 0.620. The smallest absolute Gasteiger partial charge is 0.195 e. The largest absolute Gasteiger partial charge is 0.304 e. The van der Waals surface area contributed by atoms with E-state index >= 15 is 0 Å². The van der Waals surface area contributed by atoms with Gasteiger partial charge in [-0.15, -0.1) is 0 Å². The second-order valence-corrected chi connectivity index (χ2v) is 5.34. The fraction of sp³-hybridized carbons (Fsp3) is 0.818. The standard InChI is InChI=1S/C11H19N3S/c1-8(2)7-14-10(12-13-11(14)15)6-9-4-3-5-9/h8-9H,3-7H2,1-2H3,(H,13,15). The summed E-state index contributed by atoms with van der Waals surface area (Å²) in [4.78, 5) is 0. The van der Waals surface area contributed by atoms with Gasteiger partial charge in [-0.25, -0.2) is 0 Å². The number of nitrogens with one attached hydrogen (secondary N) is 1. The van der Waals surface area contributed by atoms with E-state index in [4.69, 9.17) is 12.2 Å². The first-order valence-electron chi connectivity index (χ1n) is 5.81. The normalized spacial score (nSPS) is 17.0. The van der Waals surface area contributed by atoms with Gasteiger partial charge < -0.3 is 4.57 Å². The minimum Gasteiger partial charge on any atom is -0.304 e. The zero-order chi connectivity index (χ0) is 10.8. The average Bonchev–Trinajstić information content (AvgIpc) is 2.41. The fourth-order valence-electron chi connectivity index (χ4n) is 2.01. The van der Waals surface area contributed by atoms with Crippen molar-refractivity contribution < 1.29 is 0 Å². The van der Waals surface area contributed by atoms with Crippen LogP contribution in [0.4, 0.5) is 0 Å². The van der Waals surface area contributed by atoms with E-state index < -0.39 is 0 Å². The quantitative estimate of drug-likeness (QED) is 0.799. The van der Waals surface area contributed by atoms with Crippen molar-refractivity contribution in [1.29, 1.82) is 0 Å². The summed E-state index contributed by atoms with van der Waals surface area (Å²) in [5.41, 5.74) is 0. The maximum Gasteiger partial charge on any atom is 0.195 e. The first-order valence-corrected chi connectivity index (χ1v) is 6.21. The van der Waals surface area contributed by atoms with Crippen LogP contribution in [0.15, 0.2) is 0 Å². The molecule has 1 fully saturated rings. The van der Waals surface area contributed by atoms with Crippen LogP contribution in [0.5, 0.6) is 0 Å². The molecule has 1 aliphatic rings. The first kappa shape index (κ1) is 10.9. The zero-order valence-corrected chi connectivity index (χ0v) is 10.3. The summed E-state index contributed by atoms with van der Waals surface area (Å²) < 4.78 is 2.94. The van der Waals surface area contributed by atoms with Crippen LogP contribution in [-0.4, -0.2) is 14.8 Å². The summed E-state index contributed by atoms with van der Waals surface area (Å²) >= 11 is 5.24. The summed E-state index contributed by atoms with van der Waals surface area (Å²) in [6.45, 7) is 5.40. The van der Waals surface area contributed by atoms with Crippen molar-refractivity contribution in [3.8, 4) is 0 Å². The Balaban J connectivity index is 2.11. The van der Waals surface area contributed by atoms with Crippen molar-refractivity contribution in [3.63, 3.8) is 0 Å². The molecule has 0 bridgehead atoms. The third kappa shape index (κ3) is 2.48. The van der Waals surface area contributed by atoms with Crippen LogP contribution in [0, 0.1) is 16.6 Å². The monoisotopic (exact) mass is 225 g/mol. The molecular weight excluding hydrogens is 206 g/mol. The summed E-state index contributed by atoms with van der Waals surface area (Å²) in [6, 6.07) is 0. The summed E-state index contributed by atoms with van der Waals surface area (Å²) in [5.74, 6) is 2.62. The van der Waals surface area contributed by atoms with E-state index in [0.29, 0.717) is 5.92 Å². The molecule has 15 heavy (non-hydrogen) atoms. The predicted octanol–water partition coefficient (Wildman–Crippen LogP) is 2.94. The number of hydrogen-bond donors (Lipinski definition) is 1. The van der Waals surface area contributed by atoms with Gasteiger partial charge in [-0.05, 0) is 24.1 Å². The summed E-state index contributed by atoms with van der Waals surface area (Å²) in [5, 5.41) is 7.25. The SMILES string of the molecule is CC(C)Cn1c(CC2CCC2)n[nH]c1=S. The van der Waals surface area contributed by atoms with Crippen LogP contribution >= 0.6 is 12.2 Å². The Morgan fingerprint density at radius 3 is 2.80 bits per heavy atom. The van der Waals surface area contributed by atoms with Gasteiger partial charge in [0.2, 0.25) is 0 Å². The molecule has 3 nitrogen and oxygen atoms in total. The molecule has 0 unspecified atom stereocenters. The molecule has 2 rings (SSSR count). The fourth-order valence-corrected chi connectivity index (χ4v) is 2.24. The Bertz CT molecular complexity index is 373. The topological polar surface area (TPSA) is 33.6 Å². The van der Waals surface area contributed by atoms with Crippen molar-refractivity contribution in [2.45, 2.75) is 46.1 Å². The van der Waals surface area contributed by atoms with Crippen molar-refractivity contribution in [2.24, 2.45) is 11.8 Å². The number of rotatable bonds is 4. The maximum atomic E-state index is 5.24. The highest BCUT2D eigenvalue weighted by molar-refractivity contribution is 7.71. The van der Waals surface area contributed by atoms with Crippen LogP contribution < -0.4 is 0 Å². The third-order valence-corrected chi connectivity index (χ3v) is 3.39. The van der Waals surface area contributed by atoms with Crippen LogP contribution in [0.1, 0.15) is 38.9 Å².